The zero-order valence-corrected chi connectivity index (χ0v) is 21.8. The van der Waals surface area contributed by atoms with Crippen molar-refractivity contribution in [2.45, 2.75) is 43.1 Å². The Hall–Kier alpha value is -2.57. The molecule has 0 saturated heterocycles. The molecule has 0 aliphatic heterocycles. The molecule has 2 aromatic carbocycles. The van der Waals surface area contributed by atoms with E-state index >= 15 is 0 Å². The average molecular weight is 499 g/mol. The second kappa shape index (κ2) is 12.2. The van der Waals surface area contributed by atoms with E-state index in [2.05, 4.69) is 6.58 Å². The van der Waals surface area contributed by atoms with Crippen molar-refractivity contribution < 1.29 is 17.9 Å². The summed E-state index contributed by atoms with van der Waals surface area (Å²) in [6.07, 6.45) is 3.90. The second-order valence-corrected chi connectivity index (χ2v) is 12.1. The van der Waals surface area contributed by atoms with Gasteiger partial charge in [-0.1, -0.05) is 43.3 Å². The van der Waals surface area contributed by atoms with Crippen LogP contribution in [0.15, 0.2) is 78.7 Å². The number of sulfone groups is 1. The van der Waals surface area contributed by atoms with Crippen LogP contribution in [0.3, 0.4) is 0 Å². The number of hydrogen-bond acceptors (Lipinski definition) is 5. The van der Waals surface area contributed by atoms with Crippen molar-refractivity contribution in [2.75, 3.05) is 14.2 Å². The van der Waals surface area contributed by atoms with E-state index in [-0.39, 0.29) is 5.92 Å². The third-order valence-electron chi connectivity index (χ3n) is 6.29. The van der Waals surface area contributed by atoms with Gasteiger partial charge in [0.1, 0.15) is 11.5 Å². The SMILES string of the molecule is C=CC[C@@H](C)[C@@H](Cc1cccs1)S(=O)(=O)C(Cc1ccc(OC)cc1)Cc1ccc(OC)cc1. The highest BCUT2D eigenvalue weighted by atomic mass is 32.2. The molecule has 0 radical (unpaired) electrons. The summed E-state index contributed by atoms with van der Waals surface area (Å²) in [5.74, 6) is 1.49. The maximum atomic E-state index is 14.2. The molecule has 1 aromatic heterocycles. The van der Waals surface area contributed by atoms with Crippen LogP contribution in [0.25, 0.3) is 0 Å². The lowest BCUT2D eigenvalue weighted by Crippen LogP contribution is -2.40. The molecule has 4 nitrogen and oxygen atoms in total. The van der Waals surface area contributed by atoms with Gasteiger partial charge in [-0.15, -0.1) is 17.9 Å². The van der Waals surface area contributed by atoms with Crippen LogP contribution in [-0.2, 0) is 29.1 Å². The van der Waals surface area contributed by atoms with Crippen LogP contribution < -0.4 is 9.47 Å². The lowest BCUT2D eigenvalue weighted by molar-refractivity contribution is 0.414. The highest BCUT2D eigenvalue weighted by Gasteiger charge is 2.37. The molecule has 2 atom stereocenters. The van der Waals surface area contributed by atoms with Gasteiger partial charge in [0.15, 0.2) is 9.84 Å². The summed E-state index contributed by atoms with van der Waals surface area (Å²) in [5, 5.41) is 0.973. The molecule has 0 unspecified atom stereocenters. The lowest BCUT2D eigenvalue weighted by atomic mass is 10.0. The first kappa shape index (κ1) is 26.0. The number of thiophene rings is 1. The summed E-state index contributed by atoms with van der Waals surface area (Å²) in [5.41, 5.74) is 1.96. The zero-order valence-electron chi connectivity index (χ0n) is 20.1. The molecule has 0 aliphatic carbocycles. The molecule has 34 heavy (non-hydrogen) atoms. The summed E-state index contributed by atoms with van der Waals surface area (Å²) >= 11 is 1.61. The van der Waals surface area contributed by atoms with Gasteiger partial charge in [-0.25, -0.2) is 8.42 Å². The first-order valence-corrected chi connectivity index (χ1v) is 14.0. The fourth-order valence-electron chi connectivity index (χ4n) is 4.28. The van der Waals surface area contributed by atoms with Crippen LogP contribution in [0.2, 0.25) is 0 Å². The van der Waals surface area contributed by atoms with Crippen molar-refractivity contribution in [3.63, 3.8) is 0 Å². The Balaban J connectivity index is 1.97. The van der Waals surface area contributed by atoms with Gasteiger partial charge in [0.25, 0.3) is 0 Å². The highest BCUT2D eigenvalue weighted by Crippen LogP contribution is 2.30. The highest BCUT2D eigenvalue weighted by molar-refractivity contribution is 7.92. The predicted molar refractivity (Wildman–Crippen MR) is 142 cm³/mol. The zero-order chi connectivity index (χ0) is 24.6. The Morgan fingerprint density at radius 2 is 1.41 bits per heavy atom. The van der Waals surface area contributed by atoms with Gasteiger partial charge in [-0.3, -0.25) is 0 Å². The number of allylic oxidation sites excluding steroid dienone is 1. The minimum atomic E-state index is -3.49. The Morgan fingerprint density at radius 1 is 0.882 bits per heavy atom. The minimum absolute atomic E-state index is 0.0289. The normalized spacial score (nSPS) is 13.4. The van der Waals surface area contributed by atoms with Crippen LogP contribution >= 0.6 is 11.3 Å². The summed E-state index contributed by atoms with van der Waals surface area (Å²) in [6.45, 7) is 5.88. The summed E-state index contributed by atoms with van der Waals surface area (Å²) in [4.78, 5) is 1.09. The third-order valence-corrected chi connectivity index (χ3v) is 9.92. The molecule has 0 saturated carbocycles. The molecule has 3 rings (SSSR count). The standard InChI is InChI=1S/C28H34O4S2/c1-5-7-21(2)28(20-26-8-6-17-33-26)34(29,30)27(18-22-9-13-24(31-3)14-10-22)19-23-11-15-25(32-4)16-12-23/h5-6,8-17,21,27-28H,1,7,18-20H2,2-4H3/t21-,28-/m1/s1. The van der Waals surface area contributed by atoms with E-state index in [1.807, 2.05) is 79.0 Å². The van der Waals surface area contributed by atoms with Gasteiger partial charge in [-0.05, 0) is 78.4 Å². The van der Waals surface area contributed by atoms with Gasteiger partial charge in [0.2, 0.25) is 0 Å². The molecule has 3 aromatic rings. The molecule has 0 amide bonds. The molecule has 1 heterocycles. The van der Waals surface area contributed by atoms with Crippen molar-refractivity contribution in [3.05, 3.63) is 94.7 Å². The first-order chi connectivity index (χ1) is 16.4. The molecule has 6 heteroatoms. The van der Waals surface area contributed by atoms with E-state index in [0.717, 1.165) is 27.5 Å². The van der Waals surface area contributed by atoms with E-state index in [4.69, 9.17) is 9.47 Å². The number of hydrogen-bond donors (Lipinski definition) is 0. The van der Waals surface area contributed by atoms with Crippen LogP contribution in [0.1, 0.15) is 29.3 Å². The third kappa shape index (κ3) is 6.73. The monoisotopic (exact) mass is 498 g/mol. The van der Waals surface area contributed by atoms with Crippen LogP contribution in [0.4, 0.5) is 0 Å². The first-order valence-electron chi connectivity index (χ1n) is 11.5. The van der Waals surface area contributed by atoms with Crippen LogP contribution in [0.5, 0.6) is 11.5 Å². The smallest absolute Gasteiger partial charge is 0.157 e. The largest absolute Gasteiger partial charge is 0.497 e. The minimum Gasteiger partial charge on any atom is -0.497 e. The quantitative estimate of drug-likeness (QED) is 0.265. The van der Waals surface area contributed by atoms with E-state index < -0.39 is 20.3 Å². The topological polar surface area (TPSA) is 52.6 Å². The molecule has 0 spiro atoms. The molecular weight excluding hydrogens is 464 g/mol. The maximum absolute atomic E-state index is 14.2. The van der Waals surface area contributed by atoms with E-state index in [1.165, 1.54) is 0 Å². The fraction of sp³-hybridized carbons (Fsp3) is 0.357. The molecular formula is C28H34O4S2. The number of rotatable bonds is 13. The Morgan fingerprint density at radius 3 is 1.82 bits per heavy atom. The van der Waals surface area contributed by atoms with Gasteiger partial charge in [0.05, 0.1) is 24.7 Å². The van der Waals surface area contributed by atoms with Crippen molar-refractivity contribution in [1.82, 2.24) is 0 Å². The predicted octanol–water partition coefficient (Wildman–Crippen LogP) is 6.16. The molecule has 0 fully saturated rings. The average Bonchev–Trinajstić information content (AvgIpc) is 3.36. The fourth-order valence-corrected chi connectivity index (χ4v) is 7.67. The maximum Gasteiger partial charge on any atom is 0.157 e. The molecule has 182 valence electrons. The van der Waals surface area contributed by atoms with Gasteiger partial charge < -0.3 is 9.47 Å². The van der Waals surface area contributed by atoms with Crippen molar-refractivity contribution in [1.29, 1.82) is 0 Å². The summed E-state index contributed by atoms with van der Waals surface area (Å²) in [6, 6.07) is 19.4. The number of ether oxygens (including phenoxy) is 2. The Labute approximate surface area is 208 Å². The number of benzene rings is 2. The van der Waals surface area contributed by atoms with Gasteiger partial charge >= 0.3 is 0 Å². The van der Waals surface area contributed by atoms with Gasteiger partial charge in [-0.2, -0.15) is 0 Å². The molecule has 0 bridgehead atoms. The Kier molecular flexibility index (Phi) is 9.36. The van der Waals surface area contributed by atoms with Crippen LogP contribution in [0, 0.1) is 5.92 Å². The summed E-state index contributed by atoms with van der Waals surface area (Å²) in [7, 11) is -0.238. The van der Waals surface area contributed by atoms with Gasteiger partial charge in [0, 0.05) is 4.88 Å². The molecule has 0 aliphatic rings. The van der Waals surface area contributed by atoms with Crippen molar-refractivity contribution >= 4 is 21.2 Å². The van der Waals surface area contributed by atoms with E-state index in [0.29, 0.717) is 25.7 Å². The number of methoxy groups -OCH3 is 2. The second-order valence-electron chi connectivity index (χ2n) is 8.64. The summed E-state index contributed by atoms with van der Waals surface area (Å²) < 4.78 is 39.1. The van der Waals surface area contributed by atoms with Crippen molar-refractivity contribution in [3.8, 4) is 11.5 Å². The van der Waals surface area contributed by atoms with E-state index in [9.17, 15) is 8.42 Å². The molecule has 0 N–H and O–H groups in total. The van der Waals surface area contributed by atoms with Crippen LogP contribution in [-0.4, -0.2) is 33.1 Å². The lowest BCUT2D eigenvalue weighted by Gasteiger charge is -2.28. The van der Waals surface area contributed by atoms with Crippen molar-refractivity contribution in [2.24, 2.45) is 5.92 Å². The Bertz CT molecular complexity index is 1070. The van der Waals surface area contributed by atoms with E-state index in [1.54, 1.807) is 25.6 Å².